The molecule has 5 nitrogen and oxygen atoms in total. The highest BCUT2D eigenvalue weighted by atomic mass is 16.5. The zero-order valence-electron chi connectivity index (χ0n) is 17.2. The fourth-order valence-corrected chi connectivity index (χ4v) is 4.64. The van der Waals surface area contributed by atoms with Gasteiger partial charge in [-0.3, -0.25) is 0 Å². The fraction of sp³-hybridized carbons (Fsp3) is 0.417. The highest BCUT2D eigenvalue weighted by Crippen LogP contribution is 2.31. The number of anilines is 1. The number of benzene rings is 2. The minimum absolute atomic E-state index is 0.581. The molecule has 3 aromatic rings. The minimum atomic E-state index is 0.581. The van der Waals surface area contributed by atoms with E-state index in [2.05, 4.69) is 70.6 Å². The molecule has 1 N–H and O–H groups in total. The first-order chi connectivity index (χ1) is 14.2. The Morgan fingerprint density at radius 2 is 1.97 bits per heavy atom. The third-order valence-corrected chi connectivity index (χ3v) is 6.33. The number of nitrogens with one attached hydrogen (secondary N) is 1. The number of aromatic nitrogens is 2. The molecule has 0 spiro atoms. The Bertz CT molecular complexity index is 1030. The van der Waals surface area contributed by atoms with Crippen molar-refractivity contribution in [2.75, 3.05) is 18.0 Å². The van der Waals surface area contributed by atoms with Crippen LogP contribution in [-0.2, 0) is 13.0 Å². The number of nitrogens with zero attached hydrogens (tertiary/aromatic N) is 3. The van der Waals surface area contributed by atoms with Gasteiger partial charge in [-0.15, -0.1) is 0 Å². The lowest BCUT2D eigenvalue weighted by molar-refractivity contribution is 0.432. The molecular formula is C24H28N4O. The van der Waals surface area contributed by atoms with Crippen LogP contribution in [0.3, 0.4) is 0 Å². The normalized spacial score (nSPS) is 19.2. The van der Waals surface area contributed by atoms with Crippen LogP contribution >= 0.6 is 0 Å². The average Bonchev–Trinajstić information content (AvgIpc) is 3.24. The molecule has 1 unspecified atom stereocenters. The maximum atomic E-state index is 5.62. The molecule has 1 saturated heterocycles. The molecule has 1 atom stereocenters. The van der Waals surface area contributed by atoms with E-state index in [-0.39, 0.29) is 0 Å². The number of piperidine rings is 1. The number of aryl methyl sites for hydroxylation is 1. The largest absolute Gasteiger partial charge is 0.369 e. The van der Waals surface area contributed by atoms with Crippen LogP contribution in [0, 0.1) is 6.92 Å². The summed E-state index contributed by atoms with van der Waals surface area (Å²) < 4.78 is 5.62. The maximum absolute atomic E-state index is 5.62. The summed E-state index contributed by atoms with van der Waals surface area (Å²) in [4.78, 5) is 7.22. The van der Waals surface area contributed by atoms with Crippen molar-refractivity contribution in [3.8, 4) is 22.8 Å². The van der Waals surface area contributed by atoms with Crippen LogP contribution < -0.4 is 10.2 Å². The van der Waals surface area contributed by atoms with Crippen LogP contribution in [0.25, 0.3) is 22.8 Å². The van der Waals surface area contributed by atoms with Gasteiger partial charge in [0.15, 0.2) is 0 Å². The van der Waals surface area contributed by atoms with E-state index in [1.165, 1.54) is 41.6 Å². The van der Waals surface area contributed by atoms with Gasteiger partial charge in [-0.25, -0.2) is 0 Å². The summed E-state index contributed by atoms with van der Waals surface area (Å²) in [5.74, 6) is 1.23. The second-order valence-corrected chi connectivity index (χ2v) is 8.37. The maximum Gasteiger partial charge on any atom is 0.258 e. The first-order valence-corrected chi connectivity index (χ1v) is 10.7. The molecule has 1 fully saturated rings. The second kappa shape index (κ2) is 7.64. The molecular weight excluding hydrogens is 360 g/mol. The van der Waals surface area contributed by atoms with Crippen LogP contribution in [-0.4, -0.2) is 29.3 Å². The smallest absolute Gasteiger partial charge is 0.258 e. The zero-order chi connectivity index (χ0) is 19.8. The summed E-state index contributed by atoms with van der Waals surface area (Å²) in [5, 5.41) is 7.67. The van der Waals surface area contributed by atoms with E-state index in [0.29, 0.717) is 17.8 Å². The van der Waals surface area contributed by atoms with Crippen LogP contribution in [0.1, 0.15) is 42.9 Å². The second-order valence-electron chi connectivity index (χ2n) is 8.37. The van der Waals surface area contributed by atoms with Crippen molar-refractivity contribution in [3.63, 3.8) is 0 Å². The molecule has 2 aliphatic heterocycles. The molecule has 0 saturated carbocycles. The molecule has 0 radical (unpaired) electrons. The summed E-state index contributed by atoms with van der Waals surface area (Å²) in [6.07, 6.45) is 4.95. The van der Waals surface area contributed by atoms with Crippen molar-refractivity contribution in [1.29, 1.82) is 0 Å². The lowest BCUT2D eigenvalue weighted by atomic mass is 9.98. The topological polar surface area (TPSA) is 54.2 Å². The van der Waals surface area contributed by atoms with Gasteiger partial charge < -0.3 is 14.7 Å². The molecule has 0 amide bonds. The SMILES string of the molecule is Cc1cc(-c2nc(-c3ccc4c(c3)CNCC4)no2)ccc1N1CCCCC1C. The fourth-order valence-electron chi connectivity index (χ4n) is 4.64. The first-order valence-electron chi connectivity index (χ1n) is 10.7. The van der Waals surface area contributed by atoms with E-state index in [9.17, 15) is 0 Å². The van der Waals surface area contributed by atoms with E-state index >= 15 is 0 Å². The van der Waals surface area contributed by atoms with E-state index in [0.717, 1.165) is 37.2 Å². The zero-order valence-corrected chi connectivity index (χ0v) is 17.2. The Labute approximate surface area is 172 Å². The molecule has 0 bridgehead atoms. The third-order valence-electron chi connectivity index (χ3n) is 6.33. The van der Waals surface area contributed by atoms with Crippen molar-refractivity contribution < 1.29 is 4.52 Å². The highest BCUT2D eigenvalue weighted by molar-refractivity contribution is 5.66. The molecule has 5 heteroatoms. The molecule has 3 heterocycles. The van der Waals surface area contributed by atoms with Gasteiger partial charge in [0.2, 0.25) is 5.82 Å². The van der Waals surface area contributed by atoms with E-state index in [1.807, 2.05) is 0 Å². The van der Waals surface area contributed by atoms with E-state index in [1.54, 1.807) is 0 Å². The third kappa shape index (κ3) is 3.55. The molecule has 0 aliphatic carbocycles. The van der Waals surface area contributed by atoms with Gasteiger partial charge in [0.05, 0.1) is 0 Å². The van der Waals surface area contributed by atoms with E-state index < -0.39 is 0 Å². The molecule has 1 aromatic heterocycles. The van der Waals surface area contributed by atoms with Gasteiger partial charge in [-0.2, -0.15) is 4.98 Å². The molecule has 2 aliphatic rings. The molecule has 29 heavy (non-hydrogen) atoms. The molecule has 5 rings (SSSR count). The summed E-state index contributed by atoms with van der Waals surface area (Å²) in [6, 6.07) is 13.6. The number of fused-ring (bicyclic) bond motifs is 1. The Kier molecular flexibility index (Phi) is 4.84. The Morgan fingerprint density at radius 1 is 1.07 bits per heavy atom. The van der Waals surface area contributed by atoms with Gasteiger partial charge >= 0.3 is 0 Å². The monoisotopic (exact) mass is 388 g/mol. The standard InChI is InChI=1S/C24H28N4O/c1-16-13-20(8-9-22(16)28-12-4-3-5-17(28)2)24-26-23(27-29-24)19-7-6-18-10-11-25-15-21(18)14-19/h6-9,13-14,17,25H,3-5,10-12,15H2,1-2H3. The van der Waals surface area contributed by atoms with Gasteiger partial charge in [-0.1, -0.05) is 17.3 Å². The molecule has 150 valence electrons. The average molecular weight is 389 g/mol. The Morgan fingerprint density at radius 3 is 2.83 bits per heavy atom. The van der Waals surface area contributed by atoms with Gasteiger partial charge in [0, 0.05) is 35.9 Å². The van der Waals surface area contributed by atoms with Crippen LogP contribution in [0.4, 0.5) is 5.69 Å². The number of rotatable bonds is 3. The van der Waals surface area contributed by atoms with Crippen molar-refractivity contribution in [2.24, 2.45) is 0 Å². The highest BCUT2D eigenvalue weighted by Gasteiger charge is 2.21. The van der Waals surface area contributed by atoms with Crippen molar-refractivity contribution in [3.05, 3.63) is 53.1 Å². The van der Waals surface area contributed by atoms with Crippen LogP contribution in [0.2, 0.25) is 0 Å². The van der Waals surface area contributed by atoms with Gasteiger partial charge in [-0.05, 0) is 87.0 Å². The van der Waals surface area contributed by atoms with E-state index in [4.69, 9.17) is 4.52 Å². The van der Waals surface area contributed by atoms with Crippen molar-refractivity contribution in [1.82, 2.24) is 15.5 Å². The first kappa shape index (κ1) is 18.4. The van der Waals surface area contributed by atoms with Gasteiger partial charge in [0.1, 0.15) is 0 Å². The van der Waals surface area contributed by atoms with Gasteiger partial charge in [0.25, 0.3) is 5.89 Å². The predicted octanol–water partition coefficient (Wildman–Crippen LogP) is 4.74. The predicted molar refractivity (Wildman–Crippen MR) is 116 cm³/mol. The lowest BCUT2D eigenvalue weighted by Crippen LogP contribution is -2.37. The summed E-state index contributed by atoms with van der Waals surface area (Å²) in [5.41, 5.74) is 7.32. The summed E-state index contributed by atoms with van der Waals surface area (Å²) in [7, 11) is 0. The summed E-state index contributed by atoms with van der Waals surface area (Å²) >= 11 is 0. The number of hydrogen-bond acceptors (Lipinski definition) is 5. The quantitative estimate of drug-likeness (QED) is 0.703. The Hall–Kier alpha value is -2.66. The summed E-state index contributed by atoms with van der Waals surface area (Å²) in [6.45, 7) is 7.59. The van der Waals surface area contributed by atoms with Crippen molar-refractivity contribution in [2.45, 2.75) is 52.1 Å². The van der Waals surface area contributed by atoms with Crippen LogP contribution in [0.5, 0.6) is 0 Å². The minimum Gasteiger partial charge on any atom is -0.369 e. The van der Waals surface area contributed by atoms with Crippen molar-refractivity contribution >= 4 is 5.69 Å². The molecule has 2 aromatic carbocycles. The van der Waals surface area contributed by atoms with Crippen LogP contribution in [0.15, 0.2) is 40.9 Å². The number of hydrogen-bond donors (Lipinski definition) is 1. The Balaban J connectivity index is 1.41. The lowest BCUT2D eigenvalue weighted by Gasteiger charge is -2.36.